The van der Waals surface area contributed by atoms with Gasteiger partial charge in [0, 0.05) is 13.0 Å². The van der Waals surface area contributed by atoms with Crippen LogP contribution in [0.4, 0.5) is 0 Å². The lowest BCUT2D eigenvalue weighted by Crippen LogP contribution is -2.45. The maximum atomic E-state index is 13.3. The van der Waals surface area contributed by atoms with Gasteiger partial charge in [-0.1, -0.05) is 18.2 Å². The van der Waals surface area contributed by atoms with Crippen LogP contribution in [0, 0.1) is 0 Å². The van der Waals surface area contributed by atoms with E-state index in [1.54, 1.807) is 18.2 Å². The molecule has 0 radical (unpaired) electrons. The molecule has 1 fully saturated rings. The van der Waals surface area contributed by atoms with Crippen molar-refractivity contribution in [1.29, 1.82) is 0 Å². The summed E-state index contributed by atoms with van der Waals surface area (Å²) in [5.74, 6) is 0.585. The van der Waals surface area contributed by atoms with Crippen LogP contribution >= 0.6 is 0 Å². The highest BCUT2D eigenvalue weighted by atomic mass is 32.2. The van der Waals surface area contributed by atoms with E-state index in [4.69, 9.17) is 4.74 Å². The molecule has 2 aromatic carbocycles. The molecule has 146 valence electrons. The number of aryl methyl sites for hydroxylation is 2. The highest BCUT2D eigenvalue weighted by Crippen LogP contribution is 2.40. The van der Waals surface area contributed by atoms with Gasteiger partial charge >= 0.3 is 0 Å². The number of hydrogen-bond acceptors (Lipinski definition) is 4. The fraction of sp³-hybridized carbons (Fsp3) is 0.409. The molecule has 1 spiro atoms. The summed E-state index contributed by atoms with van der Waals surface area (Å²) in [5, 5.41) is 0. The second-order valence-electron chi connectivity index (χ2n) is 8.11. The predicted octanol–water partition coefficient (Wildman–Crippen LogP) is 3.36. The van der Waals surface area contributed by atoms with Crippen LogP contribution in [-0.2, 0) is 22.9 Å². The third-order valence-electron chi connectivity index (χ3n) is 6.24. The molecule has 2 aliphatic heterocycles. The third kappa shape index (κ3) is 2.86. The van der Waals surface area contributed by atoms with Crippen LogP contribution in [0.15, 0.2) is 47.4 Å². The second-order valence-corrected chi connectivity index (χ2v) is 10.0. The number of rotatable bonds is 2. The number of sulfonamides is 1. The number of carbonyl (C=O) groups is 1. The Labute approximate surface area is 165 Å². The van der Waals surface area contributed by atoms with Gasteiger partial charge in [0.15, 0.2) is 5.78 Å². The fourth-order valence-corrected chi connectivity index (χ4v) is 6.27. The summed E-state index contributed by atoms with van der Waals surface area (Å²) >= 11 is 0. The summed E-state index contributed by atoms with van der Waals surface area (Å²) in [6.07, 6.45) is 4.99. The molecule has 1 aliphatic carbocycles. The van der Waals surface area contributed by atoms with Crippen molar-refractivity contribution < 1.29 is 17.9 Å². The van der Waals surface area contributed by atoms with E-state index < -0.39 is 15.6 Å². The molecule has 5 rings (SSSR count). The maximum absolute atomic E-state index is 13.3. The number of nitrogens with zero attached hydrogens (tertiary/aromatic N) is 1. The van der Waals surface area contributed by atoms with Gasteiger partial charge in [0.25, 0.3) is 0 Å². The summed E-state index contributed by atoms with van der Waals surface area (Å²) in [4.78, 5) is 12.9. The predicted molar refractivity (Wildman–Crippen MR) is 105 cm³/mol. The van der Waals surface area contributed by atoms with Crippen molar-refractivity contribution in [2.45, 2.75) is 49.0 Å². The number of benzene rings is 2. The van der Waals surface area contributed by atoms with E-state index in [0.717, 1.165) is 24.8 Å². The van der Waals surface area contributed by atoms with Crippen LogP contribution in [0.25, 0.3) is 0 Å². The molecular weight excluding hydrogens is 374 g/mol. The molecule has 0 saturated carbocycles. The number of fused-ring (bicyclic) bond motifs is 2. The second kappa shape index (κ2) is 6.42. The van der Waals surface area contributed by atoms with Crippen LogP contribution in [0.2, 0.25) is 0 Å². The summed E-state index contributed by atoms with van der Waals surface area (Å²) in [6, 6.07) is 12.7. The molecule has 1 atom stereocenters. The van der Waals surface area contributed by atoms with Crippen molar-refractivity contribution >= 4 is 15.8 Å². The van der Waals surface area contributed by atoms with Gasteiger partial charge < -0.3 is 4.74 Å². The minimum Gasteiger partial charge on any atom is -0.485 e. The SMILES string of the molecule is O=C1CC2(CCN(S(=O)(=O)c3ccc4c(c3)CCCC4)C2)Oc2ccccc21. The first kappa shape index (κ1) is 17.9. The van der Waals surface area contributed by atoms with E-state index >= 15 is 0 Å². The average Bonchev–Trinajstić information content (AvgIpc) is 3.11. The molecule has 0 amide bonds. The van der Waals surface area contributed by atoms with Crippen LogP contribution < -0.4 is 4.74 Å². The van der Waals surface area contributed by atoms with E-state index in [0.29, 0.717) is 29.2 Å². The number of Topliss-reactive ketones (excluding diaryl/α,β-unsaturated/α-hetero) is 1. The minimum absolute atomic E-state index is 0.0230. The van der Waals surface area contributed by atoms with E-state index in [-0.39, 0.29) is 18.7 Å². The van der Waals surface area contributed by atoms with Crippen LogP contribution in [0.5, 0.6) is 5.75 Å². The Morgan fingerprint density at radius 1 is 1.00 bits per heavy atom. The summed E-state index contributed by atoms with van der Waals surface area (Å²) in [6.45, 7) is 0.585. The first-order valence-corrected chi connectivity index (χ1v) is 11.3. The largest absolute Gasteiger partial charge is 0.485 e. The Morgan fingerprint density at radius 3 is 2.64 bits per heavy atom. The lowest BCUT2D eigenvalue weighted by atomic mass is 9.89. The molecular formula is C22H23NO4S. The summed E-state index contributed by atoms with van der Waals surface area (Å²) in [5.41, 5.74) is 2.25. The lowest BCUT2D eigenvalue weighted by Gasteiger charge is -2.34. The normalized spacial score (nSPS) is 24.6. The third-order valence-corrected chi connectivity index (χ3v) is 8.08. The molecule has 1 unspecified atom stereocenters. The molecule has 28 heavy (non-hydrogen) atoms. The highest BCUT2D eigenvalue weighted by Gasteiger charge is 2.48. The molecule has 5 nitrogen and oxygen atoms in total. The summed E-state index contributed by atoms with van der Waals surface area (Å²) in [7, 11) is -3.60. The van der Waals surface area contributed by atoms with Gasteiger partial charge in [0.1, 0.15) is 11.4 Å². The molecule has 2 aromatic rings. The van der Waals surface area contributed by atoms with Crippen molar-refractivity contribution in [2.75, 3.05) is 13.1 Å². The van der Waals surface area contributed by atoms with Crippen molar-refractivity contribution in [2.24, 2.45) is 0 Å². The summed E-state index contributed by atoms with van der Waals surface area (Å²) < 4.78 is 34.2. The maximum Gasteiger partial charge on any atom is 0.243 e. The molecule has 3 aliphatic rings. The Balaban J connectivity index is 1.42. The molecule has 0 N–H and O–H groups in total. The van der Waals surface area contributed by atoms with E-state index in [1.165, 1.54) is 16.3 Å². The lowest BCUT2D eigenvalue weighted by molar-refractivity contribution is 0.0498. The molecule has 0 bridgehead atoms. The first-order valence-electron chi connectivity index (χ1n) is 9.90. The number of ether oxygens (including phenoxy) is 1. The Kier molecular flexibility index (Phi) is 4.10. The van der Waals surface area contributed by atoms with Gasteiger partial charge in [-0.2, -0.15) is 4.31 Å². The number of hydrogen-bond donors (Lipinski definition) is 0. The quantitative estimate of drug-likeness (QED) is 0.780. The van der Waals surface area contributed by atoms with Gasteiger partial charge in [-0.3, -0.25) is 4.79 Å². The van der Waals surface area contributed by atoms with Crippen molar-refractivity contribution in [1.82, 2.24) is 4.31 Å². The van der Waals surface area contributed by atoms with Gasteiger partial charge in [0.2, 0.25) is 10.0 Å². The van der Waals surface area contributed by atoms with Crippen molar-refractivity contribution in [3.8, 4) is 5.75 Å². The zero-order valence-corrected chi connectivity index (χ0v) is 16.5. The standard InChI is InChI=1S/C22H23NO4S/c24-20-14-22(27-21-8-4-3-7-19(20)21)11-12-23(15-22)28(25,26)18-10-9-16-5-1-2-6-17(16)13-18/h3-4,7-10,13H,1-2,5-6,11-12,14-15H2. The fourth-order valence-electron chi connectivity index (χ4n) is 4.70. The van der Waals surface area contributed by atoms with E-state index in [2.05, 4.69) is 0 Å². The molecule has 1 saturated heterocycles. The first-order chi connectivity index (χ1) is 13.5. The van der Waals surface area contributed by atoms with E-state index in [1.807, 2.05) is 24.3 Å². The van der Waals surface area contributed by atoms with Crippen LogP contribution in [0.1, 0.15) is 47.2 Å². The monoisotopic (exact) mass is 397 g/mol. The van der Waals surface area contributed by atoms with E-state index in [9.17, 15) is 13.2 Å². The molecule has 6 heteroatoms. The smallest absolute Gasteiger partial charge is 0.243 e. The van der Waals surface area contributed by atoms with Gasteiger partial charge in [-0.15, -0.1) is 0 Å². The number of ketones is 1. The molecule has 2 heterocycles. The van der Waals surface area contributed by atoms with Crippen LogP contribution in [-0.4, -0.2) is 37.2 Å². The topological polar surface area (TPSA) is 63.7 Å². The number of carbonyl (C=O) groups excluding carboxylic acids is 1. The van der Waals surface area contributed by atoms with Crippen molar-refractivity contribution in [3.63, 3.8) is 0 Å². The van der Waals surface area contributed by atoms with Gasteiger partial charge in [-0.25, -0.2) is 8.42 Å². The zero-order chi connectivity index (χ0) is 19.4. The van der Waals surface area contributed by atoms with Gasteiger partial charge in [-0.05, 0) is 61.1 Å². The highest BCUT2D eigenvalue weighted by molar-refractivity contribution is 7.89. The Bertz CT molecular complexity index is 1060. The minimum atomic E-state index is -3.60. The Morgan fingerprint density at radius 2 is 1.79 bits per heavy atom. The zero-order valence-electron chi connectivity index (χ0n) is 15.7. The number of para-hydroxylation sites is 1. The average molecular weight is 397 g/mol. The van der Waals surface area contributed by atoms with Crippen LogP contribution in [0.3, 0.4) is 0 Å². The van der Waals surface area contributed by atoms with Gasteiger partial charge in [0.05, 0.1) is 23.4 Å². The Hall–Kier alpha value is -2.18. The van der Waals surface area contributed by atoms with Crippen molar-refractivity contribution in [3.05, 3.63) is 59.2 Å². The molecule has 0 aromatic heterocycles.